The van der Waals surface area contributed by atoms with Crippen molar-refractivity contribution in [3.05, 3.63) is 47.1 Å². The van der Waals surface area contributed by atoms with Gasteiger partial charge < -0.3 is 14.8 Å². The maximum Gasteiger partial charge on any atom is 0.343 e. The average Bonchev–Trinajstić information content (AvgIpc) is 3.27. The maximum absolute atomic E-state index is 12.5. The first-order chi connectivity index (χ1) is 16.1. The Morgan fingerprint density at radius 1 is 1.21 bits per heavy atom. The highest BCUT2D eigenvalue weighted by Gasteiger charge is 2.21. The van der Waals surface area contributed by atoms with E-state index in [9.17, 15) is 4.79 Å². The molecule has 1 saturated heterocycles. The molecule has 1 aliphatic rings. The third kappa shape index (κ3) is 5.66. The van der Waals surface area contributed by atoms with E-state index >= 15 is 0 Å². The van der Waals surface area contributed by atoms with E-state index in [0.717, 1.165) is 24.4 Å². The van der Waals surface area contributed by atoms with Gasteiger partial charge in [0.1, 0.15) is 11.3 Å². The van der Waals surface area contributed by atoms with E-state index in [-0.39, 0.29) is 12.2 Å². The van der Waals surface area contributed by atoms with Gasteiger partial charge in [-0.25, -0.2) is 19.7 Å². The van der Waals surface area contributed by atoms with Crippen LogP contribution in [-0.4, -0.2) is 52.1 Å². The second-order valence-electron chi connectivity index (χ2n) is 7.98. The fraction of sp³-hybridized carbons (Fsp3) is 0.417. The summed E-state index contributed by atoms with van der Waals surface area (Å²) in [5.41, 5.74) is 1.09. The molecule has 8 nitrogen and oxygen atoms in total. The molecule has 1 aliphatic heterocycles. The first-order valence-corrected chi connectivity index (χ1v) is 12.0. The Morgan fingerprint density at radius 2 is 2.03 bits per heavy atom. The number of thiazole rings is 1. The maximum atomic E-state index is 12.5. The molecule has 0 radical (unpaired) electrons. The quantitative estimate of drug-likeness (QED) is 0.468. The lowest BCUT2D eigenvalue weighted by Gasteiger charge is -2.32. The van der Waals surface area contributed by atoms with Gasteiger partial charge in [0.15, 0.2) is 16.8 Å². The number of ether oxygens (including phenoxy) is 2. The number of hydrogen-bond acceptors (Lipinski definition) is 9. The molecule has 0 bridgehead atoms. The van der Waals surface area contributed by atoms with Crippen LogP contribution in [0.25, 0.3) is 11.4 Å². The standard InChI is InChI=1S/C24H29N5O3S/c1-4-32-23(30)20-14-25-21(17-8-10-18(31-3)11-9-17)27-22(20)28-24-26-13-19(33-24)15-29-12-6-5-7-16(29)2/h8-11,13-14,16H,4-7,12,15H2,1-3H3,(H,25,26,27,28). The van der Waals surface area contributed by atoms with Gasteiger partial charge in [-0.2, -0.15) is 0 Å². The third-order valence-corrected chi connectivity index (χ3v) is 6.61. The zero-order valence-corrected chi connectivity index (χ0v) is 20.0. The molecule has 0 spiro atoms. The van der Waals surface area contributed by atoms with Gasteiger partial charge in [0.05, 0.1) is 13.7 Å². The molecule has 1 aromatic carbocycles. The summed E-state index contributed by atoms with van der Waals surface area (Å²) < 4.78 is 10.4. The van der Waals surface area contributed by atoms with Crippen molar-refractivity contribution in [1.82, 2.24) is 19.9 Å². The van der Waals surface area contributed by atoms with E-state index in [1.54, 1.807) is 25.4 Å². The van der Waals surface area contributed by atoms with Crippen molar-refractivity contribution in [2.75, 3.05) is 25.6 Å². The molecule has 3 aromatic rings. The molecule has 1 fully saturated rings. The second kappa shape index (κ2) is 10.7. The number of benzene rings is 1. The Morgan fingerprint density at radius 3 is 2.76 bits per heavy atom. The van der Waals surface area contributed by atoms with Crippen molar-refractivity contribution in [3.8, 4) is 17.1 Å². The van der Waals surface area contributed by atoms with Gasteiger partial charge in [0.25, 0.3) is 0 Å². The number of piperidine rings is 1. The van der Waals surface area contributed by atoms with Crippen molar-refractivity contribution in [2.24, 2.45) is 0 Å². The number of rotatable bonds is 8. The molecule has 0 amide bonds. The molecule has 3 heterocycles. The van der Waals surface area contributed by atoms with Gasteiger partial charge in [-0.1, -0.05) is 6.42 Å². The minimum absolute atomic E-state index is 0.272. The monoisotopic (exact) mass is 467 g/mol. The van der Waals surface area contributed by atoms with Crippen LogP contribution in [0.4, 0.5) is 10.9 Å². The largest absolute Gasteiger partial charge is 0.497 e. The summed E-state index contributed by atoms with van der Waals surface area (Å²) in [6, 6.07) is 8.04. The SMILES string of the molecule is CCOC(=O)c1cnc(-c2ccc(OC)cc2)nc1Nc1ncc(CN2CCCCC2C)s1. The molecule has 1 unspecified atom stereocenters. The van der Waals surface area contributed by atoms with Crippen LogP contribution in [0, 0.1) is 0 Å². The summed E-state index contributed by atoms with van der Waals surface area (Å²) in [5, 5.41) is 3.91. The van der Waals surface area contributed by atoms with Crippen LogP contribution in [0.15, 0.2) is 36.7 Å². The number of carbonyl (C=O) groups is 1. The van der Waals surface area contributed by atoms with Gasteiger partial charge >= 0.3 is 5.97 Å². The second-order valence-corrected chi connectivity index (χ2v) is 9.09. The molecule has 0 saturated carbocycles. The molecule has 0 aliphatic carbocycles. The number of likely N-dealkylation sites (tertiary alicyclic amines) is 1. The van der Waals surface area contributed by atoms with Gasteiger partial charge in [-0.3, -0.25) is 4.90 Å². The topological polar surface area (TPSA) is 89.5 Å². The lowest BCUT2D eigenvalue weighted by atomic mass is 10.0. The number of anilines is 2. The fourth-order valence-electron chi connectivity index (χ4n) is 3.85. The lowest BCUT2D eigenvalue weighted by Crippen LogP contribution is -2.36. The van der Waals surface area contributed by atoms with Crippen LogP contribution in [-0.2, 0) is 11.3 Å². The first-order valence-electron chi connectivity index (χ1n) is 11.2. The van der Waals surface area contributed by atoms with E-state index in [4.69, 9.17) is 9.47 Å². The molecule has 1 N–H and O–H groups in total. The highest BCUT2D eigenvalue weighted by Crippen LogP contribution is 2.28. The van der Waals surface area contributed by atoms with Crippen LogP contribution < -0.4 is 10.1 Å². The summed E-state index contributed by atoms with van der Waals surface area (Å²) in [5.74, 6) is 1.15. The highest BCUT2D eigenvalue weighted by atomic mass is 32.1. The molecular formula is C24H29N5O3S. The van der Waals surface area contributed by atoms with E-state index in [1.807, 2.05) is 30.5 Å². The van der Waals surface area contributed by atoms with Crippen LogP contribution in [0.5, 0.6) is 5.75 Å². The Labute approximate surface area is 198 Å². The number of carbonyl (C=O) groups excluding carboxylic acids is 1. The molecule has 1 atom stereocenters. The Hall–Kier alpha value is -3.04. The van der Waals surface area contributed by atoms with Gasteiger partial charge in [0, 0.05) is 35.4 Å². The van der Waals surface area contributed by atoms with E-state index in [2.05, 4.69) is 32.1 Å². The summed E-state index contributed by atoms with van der Waals surface area (Å²) in [6.45, 7) is 6.32. The number of nitrogens with zero attached hydrogens (tertiary/aromatic N) is 4. The average molecular weight is 468 g/mol. The Kier molecular flexibility index (Phi) is 7.51. The predicted octanol–water partition coefficient (Wildman–Crippen LogP) is 4.90. The van der Waals surface area contributed by atoms with Crippen molar-refractivity contribution < 1.29 is 14.3 Å². The Bertz CT molecular complexity index is 1090. The smallest absolute Gasteiger partial charge is 0.343 e. The third-order valence-electron chi connectivity index (χ3n) is 5.71. The number of methoxy groups -OCH3 is 1. The molecule has 33 heavy (non-hydrogen) atoms. The minimum atomic E-state index is -0.472. The van der Waals surface area contributed by atoms with Gasteiger partial charge in [0.2, 0.25) is 0 Å². The zero-order chi connectivity index (χ0) is 23.2. The van der Waals surface area contributed by atoms with E-state index < -0.39 is 5.97 Å². The number of nitrogens with one attached hydrogen (secondary N) is 1. The summed E-state index contributed by atoms with van der Waals surface area (Å²) in [4.78, 5) is 29.7. The summed E-state index contributed by atoms with van der Waals surface area (Å²) in [7, 11) is 1.62. The molecule has 4 rings (SSSR count). The molecular weight excluding hydrogens is 438 g/mol. The van der Waals surface area contributed by atoms with Gasteiger partial charge in [-0.05, 0) is 57.5 Å². The van der Waals surface area contributed by atoms with Crippen LogP contribution in [0.3, 0.4) is 0 Å². The van der Waals surface area contributed by atoms with Crippen LogP contribution >= 0.6 is 11.3 Å². The van der Waals surface area contributed by atoms with Crippen LogP contribution in [0.1, 0.15) is 48.3 Å². The van der Waals surface area contributed by atoms with Crippen molar-refractivity contribution in [2.45, 2.75) is 45.7 Å². The zero-order valence-electron chi connectivity index (χ0n) is 19.2. The number of hydrogen-bond donors (Lipinski definition) is 1. The van der Waals surface area contributed by atoms with Crippen molar-refractivity contribution >= 4 is 28.3 Å². The fourth-order valence-corrected chi connectivity index (χ4v) is 4.68. The van der Waals surface area contributed by atoms with Crippen LogP contribution in [0.2, 0.25) is 0 Å². The Balaban J connectivity index is 1.58. The van der Waals surface area contributed by atoms with Gasteiger partial charge in [-0.15, -0.1) is 11.3 Å². The summed E-state index contributed by atoms with van der Waals surface area (Å²) >= 11 is 1.57. The predicted molar refractivity (Wildman–Crippen MR) is 129 cm³/mol. The normalized spacial score (nSPS) is 16.4. The van der Waals surface area contributed by atoms with E-state index in [0.29, 0.717) is 22.8 Å². The van der Waals surface area contributed by atoms with Crippen molar-refractivity contribution in [1.29, 1.82) is 0 Å². The molecule has 174 valence electrons. The summed E-state index contributed by atoms with van der Waals surface area (Å²) in [6.07, 6.45) is 7.17. The van der Waals surface area contributed by atoms with Crippen molar-refractivity contribution in [3.63, 3.8) is 0 Å². The highest BCUT2D eigenvalue weighted by molar-refractivity contribution is 7.15. The lowest BCUT2D eigenvalue weighted by molar-refractivity contribution is 0.0526. The minimum Gasteiger partial charge on any atom is -0.497 e. The molecule has 9 heteroatoms. The first kappa shape index (κ1) is 23.1. The molecule has 2 aromatic heterocycles. The number of esters is 1. The van der Waals surface area contributed by atoms with E-state index in [1.165, 1.54) is 30.3 Å². The number of aromatic nitrogens is 3.